The highest BCUT2D eigenvalue weighted by molar-refractivity contribution is 7.80. The van der Waals surface area contributed by atoms with Crippen LogP contribution in [0.15, 0.2) is 48.5 Å². The van der Waals surface area contributed by atoms with Crippen LogP contribution in [0.5, 0.6) is 17.2 Å². The summed E-state index contributed by atoms with van der Waals surface area (Å²) in [6.45, 7) is 5.66. The van der Waals surface area contributed by atoms with Gasteiger partial charge in [0.2, 0.25) is 0 Å². The van der Waals surface area contributed by atoms with Crippen LogP contribution in [0.3, 0.4) is 0 Å². The van der Waals surface area contributed by atoms with Crippen molar-refractivity contribution in [3.8, 4) is 17.2 Å². The van der Waals surface area contributed by atoms with Crippen LogP contribution in [0.25, 0.3) is 0 Å². The number of anilines is 1. The van der Waals surface area contributed by atoms with Crippen LogP contribution in [0, 0.1) is 0 Å². The van der Waals surface area contributed by atoms with Gasteiger partial charge in [0, 0.05) is 12.2 Å². The Kier molecular flexibility index (Phi) is 7.36. The molecule has 2 rings (SSSR count). The average molecular weight is 344 g/mol. The Morgan fingerprint density at radius 2 is 1.50 bits per heavy atom. The van der Waals surface area contributed by atoms with Gasteiger partial charge in [-0.15, -0.1) is 0 Å². The van der Waals surface area contributed by atoms with Gasteiger partial charge in [0.05, 0.1) is 6.61 Å². The molecule has 2 aromatic rings. The third-order valence-corrected chi connectivity index (χ3v) is 3.54. The minimum Gasteiger partial charge on any atom is -0.494 e. The molecule has 0 fully saturated rings. The van der Waals surface area contributed by atoms with Crippen molar-refractivity contribution in [3.05, 3.63) is 48.5 Å². The summed E-state index contributed by atoms with van der Waals surface area (Å²) >= 11 is 5.26. The van der Waals surface area contributed by atoms with Crippen molar-refractivity contribution in [2.24, 2.45) is 0 Å². The van der Waals surface area contributed by atoms with Gasteiger partial charge in [-0.25, -0.2) is 0 Å². The van der Waals surface area contributed by atoms with E-state index in [-0.39, 0.29) is 0 Å². The van der Waals surface area contributed by atoms with Crippen molar-refractivity contribution in [1.29, 1.82) is 0 Å². The Morgan fingerprint density at radius 1 is 0.917 bits per heavy atom. The van der Waals surface area contributed by atoms with Gasteiger partial charge >= 0.3 is 0 Å². The normalized spacial score (nSPS) is 10.1. The highest BCUT2D eigenvalue weighted by Gasteiger charge is 2.01. The number of hydrogen-bond donors (Lipinski definition) is 2. The molecule has 2 N–H and O–H groups in total. The Balaban J connectivity index is 1.86. The molecule has 0 aliphatic rings. The van der Waals surface area contributed by atoms with E-state index in [4.69, 9.17) is 21.7 Å². The maximum absolute atomic E-state index is 5.82. The molecule has 0 aliphatic carbocycles. The number of nitrogens with one attached hydrogen (secondary N) is 2. The lowest BCUT2D eigenvalue weighted by atomic mass is 10.3. The van der Waals surface area contributed by atoms with Gasteiger partial charge in [0.25, 0.3) is 0 Å². The molecule has 0 unspecified atom stereocenters. The highest BCUT2D eigenvalue weighted by Crippen LogP contribution is 2.25. The fourth-order valence-electron chi connectivity index (χ4n) is 2.07. The molecule has 0 aliphatic heterocycles. The van der Waals surface area contributed by atoms with Gasteiger partial charge in [0.15, 0.2) is 5.11 Å². The zero-order chi connectivity index (χ0) is 17.2. The van der Waals surface area contributed by atoms with Gasteiger partial charge in [-0.05, 0) is 74.1 Å². The summed E-state index contributed by atoms with van der Waals surface area (Å²) in [5.74, 6) is 2.39. The lowest BCUT2D eigenvalue weighted by molar-refractivity contribution is 0.339. The van der Waals surface area contributed by atoms with E-state index < -0.39 is 0 Å². The smallest absolute Gasteiger partial charge is 0.170 e. The van der Waals surface area contributed by atoms with Crippen molar-refractivity contribution in [2.45, 2.75) is 26.7 Å². The van der Waals surface area contributed by atoms with Crippen molar-refractivity contribution >= 4 is 23.0 Å². The molecule has 24 heavy (non-hydrogen) atoms. The third-order valence-electron chi connectivity index (χ3n) is 3.30. The monoisotopic (exact) mass is 344 g/mol. The van der Waals surface area contributed by atoms with Gasteiger partial charge in [0.1, 0.15) is 17.2 Å². The molecular weight excluding hydrogens is 320 g/mol. The van der Waals surface area contributed by atoms with E-state index in [2.05, 4.69) is 17.6 Å². The fraction of sp³-hybridized carbons (Fsp3) is 0.316. The second-order valence-corrected chi connectivity index (χ2v) is 5.67. The number of ether oxygens (including phenoxy) is 2. The molecule has 0 amide bonds. The summed E-state index contributed by atoms with van der Waals surface area (Å²) < 4.78 is 11.2. The number of benzene rings is 2. The van der Waals surface area contributed by atoms with E-state index in [0.29, 0.717) is 11.7 Å². The van der Waals surface area contributed by atoms with E-state index in [1.807, 2.05) is 55.5 Å². The molecule has 0 saturated heterocycles. The van der Waals surface area contributed by atoms with Crippen molar-refractivity contribution in [3.63, 3.8) is 0 Å². The minimum absolute atomic E-state index is 0.642. The van der Waals surface area contributed by atoms with Crippen LogP contribution >= 0.6 is 12.2 Å². The molecule has 0 heterocycles. The first-order valence-corrected chi connectivity index (χ1v) is 8.67. The number of rotatable bonds is 8. The first-order valence-electron chi connectivity index (χ1n) is 8.27. The largest absolute Gasteiger partial charge is 0.494 e. The van der Waals surface area contributed by atoms with E-state index in [0.717, 1.165) is 42.3 Å². The molecule has 128 valence electrons. The Hall–Kier alpha value is -2.27. The predicted molar refractivity (Wildman–Crippen MR) is 103 cm³/mol. The molecule has 0 spiro atoms. The first-order chi connectivity index (χ1) is 11.7. The lowest BCUT2D eigenvalue weighted by Crippen LogP contribution is -2.29. The van der Waals surface area contributed by atoms with E-state index in [1.165, 1.54) is 0 Å². The summed E-state index contributed by atoms with van der Waals surface area (Å²) in [4.78, 5) is 0. The minimum atomic E-state index is 0.642. The summed E-state index contributed by atoms with van der Waals surface area (Å²) in [5, 5.41) is 6.98. The van der Waals surface area contributed by atoms with Crippen LogP contribution in [-0.2, 0) is 0 Å². The zero-order valence-corrected chi connectivity index (χ0v) is 15.0. The van der Waals surface area contributed by atoms with Gasteiger partial charge < -0.3 is 20.1 Å². The summed E-state index contributed by atoms with van der Waals surface area (Å²) in [6.07, 6.45) is 2.25. The first kappa shape index (κ1) is 18.1. The van der Waals surface area contributed by atoms with Crippen LogP contribution in [0.1, 0.15) is 26.7 Å². The topological polar surface area (TPSA) is 42.5 Å². The van der Waals surface area contributed by atoms with Crippen molar-refractivity contribution in [1.82, 2.24) is 5.32 Å². The lowest BCUT2D eigenvalue weighted by Gasteiger charge is -2.11. The molecule has 0 saturated carbocycles. The van der Waals surface area contributed by atoms with Gasteiger partial charge in [-0.2, -0.15) is 0 Å². The second kappa shape index (κ2) is 9.78. The van der Waals surface area contributed by atoms with Crippen LogP contribution in [0.2, 0.25) is 0 Å². The maximum Gasteiger partial charge on any atom is 0.170 e. The summed E-state index contributed by atoms with van der Waals surface area (Å²) in [7, 11) is 0. The summed E-state index contributed by atoms with van der Waals surface area (Å²) in [6, 6.07) is 15.3. The van der Waals surface area contributed by atoms with Crippen LogP contribution in [-0.4, -0.2) is 18.3 Å². The fourth-order valence-corrected chi connectivity index (χ4v) is 2.29. The average Bonchev–Trinajstić information content (AvgIpc) is 2.59. The molecule has 2 aromatic carbocycles. The van der Waals surface area contributed by atoms with Crippen molar-refractivity contribution < 1.29 is 9.47 Å². The molecule has 0 aromatic heterocycles. The van der Waals surface area contributed by atoms with E-state index in [9.17, 15) is 0 Å². The van der Waals surface area contributed by atoms with Crippen LogP contribution in [0.4, 0.5) is 5.69 Å². The van der Waals surface area contributed by atoms with Crippen LogP contribution < -0.4 is 20.1 Å². The standard InChI is InChI=1S/C19H24N2O2S/c1-3-5-14-20-19(24)21-15-6-8-17(9-7-15)23-18-12-10-16(11-13-18)22-4-2/h6-13H,3-5,14H2,1-2H3,(H2,20,21,24). The molecule has 0 bridgehead atoms. The quantitative estimate of drug-likeness (QED) is 0.523. The summed E-state index contributed by atoms with van der Waals surface area (Å²) in [5.41, 5.74) is 0.933. The Morgan fingerprint density at radius 3 is 2.08 bits per heavy atom. The van der Waals surface area contributed by atoms with Gasteiger partial charge in [-0.1, -0.05) is 13.3 Å². The Labute approximate surface area is 149 Å². The molecule has 4 nitrogen and oxygen atoms in total. The van der Waals surface area contributed by atoms with Crippen molar-refractivity contribution in [2.75, 3.05) is 18.5 Å². The maximum atomic E-state index is 5.82. The molecule has 0 radical (unpaired) electrons. The number of unbranched alkanes of at least 4 members (excludes halogenated alkanes) is 1. The second-order valence-electron chi connectivity index (χ2n) is 5.27. The number of hydrogen-bond acceptors (Lipinski definition) is 3. The molecule has 5 heteroatoms. The SMILES string of the molecule is CCCCNC(=S)Nc1ccc(Oc2ccc(OCC)cc2)cc1. The Bertz CT molecular complexity index is 627. The highest BCUT2D eigenvalue weighted by atomic mass is 32.1. The van der Waals surface area contributed by atoms with Gasteiger partial charge in [-0.3, -0.25) is 0 Å². The van der Waals surface area contributed by atoms with E-state index in [1.54, 1.807) is 0 Å². The number of thiocarbonyl (C=S) groups is 1. The zero-order valence-electron chi connectivity index (χ0n) is 14.2. The molecular formula is C19H24N2O2S. The molecule has 0 atom stereocenters. The third kappa shape index (κ3) is 6.08. The predicted octanol–water partition coefficient (Wildman–Crippen LogP) is 4.96. The van der Waals surface area contributed by atoms with E-state index >= 15 is 0 Å².